The van der Waals surface area contributed by atoms with Gasteiger partial charge in [0.05, 0.1) is 24.5 Å². The summed E-state index contributed by atoms with van der Waals surface area (Å²) in [6.45, 7) is 1.97. The van der Waals surface area contributed by atoms with Gasteiger partial charge in [-0.2, -0.15) is 0 Å². The van der Waals surface area contributed by atoms with Gasteiger partial charge in [0.25, 0.3) is 0 Å². The maximum atomic E-state index is 6.49. The fraction of sp³-hybridized carbons (Fsp3) is 0.318. The lowest BCUT2D eigenvalue weighted by molar-refractivity contribution is -0.189. The maximum Gasteiger partial charge on any atom is 0.215 e. The Morgan fingerprint density at radius 2 is 2.07 bits per heavy atom. The minimum atomic E-state index is -1.05. The first-order valence-corrected chi connectivity index (χ1v) is 10.4. The van der Waals surface area contributed by atoms with E-state index >= 15 is 0 Å². The lowest BCUT2D eigenvalue weighted by atomic mass is 10.1. The number of imidazole rings is 1. The molecule has 1 saturated heterocycles. The van der Waals surface area contributed by atoms with Crippen LogP contribution in [0.1, 0.15) is 11.1 Å². The molecule has 2 heterocycles. The molecule has 1 fully saturated rings. The fourth-order valence-corrected chi connectivity index (χ4v) is 4.02. The van der Waals surface area contributed by atoms with Crippen LogP contribution in [0, 0.1) is 0 Å². The average molecular weight is 448 g/mol. The van der Waals surface area contributed by atoms with Crippen LogP contribution in [-0.4, -0.2) is 35.9 Å². The van der Waals surface area contributed by atoms with Crippen LogP contribution in [0.25, 0.3) is 0 Å². The Kier molecular flexibility index (Phi) is 6.61. The molecule has 0 bridgehead atoms. The van der Waals surface area contributed by atoms with Gasteiger partial charge in [0, 0.05) is 29.5 Å². The summed E-state index contributed by atoms with van der Waals surface area (Å²) in [5, 5.41) is 4.17. The summed E-state index contributed by atoms with van der Waals surface area (Å²) >= 11 is 12.6. The van der Waals surface area contributed by atoms with Crippen LogP contribution in [0.15, 0.2) is 61.2 Å². The van der Waals surface area contributed by atoms with Gasteiger partial charge in [-0.3, -0.25) is 0 Å². The van der Waals surface area contributed by atoms with E-state index in [0.29, 0.717) is 29.8 Å². The van der Waals surface area contributed by atoms with E-state index in [1.165, 1.54) is 5.56 Å². The number of benzene rings is 2. The summed E-state index contributed by atoms with van der Waals surface area (Å²) in [7, 11) is 1.92. The number of nitrogens with one attached hydrogen (secondary N) is 1. The van der Waals surface area contributed by atoms with Crippen molar-refractivity contribution in [1.29, 1.82) is 0 Å². The quantitative estimate of drug-likeness (QED) is 0.558. The highest BCUT2D eigenvalue weighted by Gasteiger charge is 2.45. The molecule has 2 unspecified atom stereocenters. The zero-order valence-corrected chi connectivity index (χ0v) is 18.1. The molecule has 8 heteroatoms. The van der Waals surface area contributed by atoms with Crippen molar-refractivity contribution < 1.29 is 14.2 Å². The van der Waals surface area contributed by atoms with Crippen LogP contribution < -0.4 is 10.1 Å². The monoisotopic (exact) mass is 447 g/mol. The molecular formula is C22H23Cl2N3O3. The molecule has 0 spiro atoms. The first-order chi connectivity index (χ1) is 14.6. The Morgan fingerprint density at radius 1 is 1.23 bits per heavy atom. The van der Waals surface area contributed by atoms with Crippen molar-refractivity contribution in [2.75, 3.05) is 20.3 Å². The number of halogens is 2. The molecule has 2 atom stereocenters. The highest BCUT2D eigenvalue weighted by Crippen LogP contribution is 2.40. The lowest BCUT2D eigenvalue weighted by Gasteiger charge is -2.30. The average Bonchev–Trinajstić information content (AvgIpc) is 3.38. The third-order valence-electron chi connectivity index (χ3n) is 4.89. The zero-order chi connectivity index (χ0) is 21.0. The van der Waals surface area contributed by atoms with Gasteiger partial charge < -0.3 is 24.1 Å². The first-order valence-electron chi connectivity index (χ1n) is 9.67. The van der Waals surface area contributed by atoms with E-state index in [4.69, 9.17) is 37.4 Å². The summed E-state index contributed by atoms with van der Waals surface area (Å²) in [4.78, 5) is 4.11. The Morgan fingerprint density at radius 3 is 2.77 bits per heavy atom. The van der Waals surface area contributed by atoms with Crippen LogP contribution >= 0.6 is 23.2 Å². The molecule has 1 aliphatic rings. The predicted octanol–water partition coefficient (Wildman–Crippen LogP) is 4.26. The van der Waals surface area contributed by atoms with Gasteiger partial charge >= 0.3 is 0 Å². The van der Waals surface area contributed by atoms with Crippen molar-refractivity contribution in [2.24, 2.45) is 0 Å². The second-order valence-electron chi connectivity index (χ2n) is 7.15. The summed E-state index contributed by atoms with van der Waals surface area (Å²) in [6, 6.07) is 13.3. The molecule has 1 aromatic heterocycles. The van der Waals surface area contributed by atoms with Gasteiger partial charge in [-0.1, -0.05) is 41.4 Å². The molecule has 2 aromatic carbocycles. The number of rotatable bonds is 8. The summed E-state index contributed by atoms with van der Waals surface area (Å²) in [5.41, 5.74) is 1.92. The van der Waals surface area contributed by atoms with Gasteiger partial charge in [-0.05, 0) is 36.9 Å². The third kappa shape index (κ3) is 4.79. The van der Waals surface area contributed by atoms with E-state index in [-0.39, 0.29) is 6.10 Å². The molecule has 3 aromatic rings. The maximum absolute atomic E-state index is 6.49. The Hall–Kier alpha value is -2.09. The number of ether oxygens (including phenoxy) is 3. The smallest absolute Gasteiger partial charge is 0.215 e. The number of aromatic nitrogens is 2. The molecule has 0 radical (unpaired) electrons. The molecule has 0 saturated carbocycles. The van der Waals surface area contributed by atoms with Crippen molar-refractivity contribution in [3.63, 3.8) is 0 Å². The summed E-state index contributed by atoms with van der Waals surface area (Å²) < 4.78 is 20.4. The van der Waals surface area contributed by atoms with Gasteiger partial charge in [-0.15, -0.1) is 0 Å². The Balaban J connectivity index is 1.48. The van der Waals surface area contributed by atoms with Gasteiger partial charge in [0.15, 0.2) is 0 Å². The second kappa shape index (κ2) is 9.37. The van der Waals surface area contributed by atoms with E-state index in [9.17, 15) is 0 Å². The van der Waals surface area contributed by atoms with Crippen LogP contribution in [-0.2, 0) is 28.4 Å². The molecule has 6 nitrogen and oxygen atoms in total. The van der Waals surface area contributed by atoms with Crippen LogP contribution in [0.2, 0.25) is 10.0 Å². The number of hydrogen-bond acceptors (Lipinski definition) is 5. The van der Waals surface area contributed by atoms with E-state index < -0.39 is 5.79 Å². The van der Waals surface area contributed by atoms with Crippen molar-refractivity contribution >= 4 is 23.2 Å². The summed E-state index contributed by atoms with van der Waals surface area (Å²) in [6.07, 6.45) is 5.03. The molecule has 1 aliphatic heterocycles. The van der Waals surface area contributed by atoms with Gasteiger partial charge in [0.2, 0.25) is 5.79 Å². The third-order valence-corrected chi connectivity index (χ3v) is 5.44. The first kappa shape index (κ1) is 21.2. The minimum absolute atomic E-state index is 0.253. The highest BCUT2D eigenvalue weighted by molar-refractivity contribution is 6.35. The number of hydrogen-bond donors (Lipinski definition) is 1. The molecule has 0 amide bonds. The second-order valence-corrected chi connectivity index (χ2v) is 7.99. The predicted molar refractivity (Wildman–Crippen MR) is 116 cm³/mol. The molecule has 1 N–H and O–H groups in total. The van der Waals surface area contributed by atoms with Gasteiger partial charge in [0.1, 0.15) is 18.5 Å². The van der Waals surface area contributed by atoms with E-state index in [2.05, 4.69) is 10.3 Å². The Labute approximate surface area is 185 Å². The van der Waals surface area contributed by atoms with Crippen LogP contribution in [0.3, 0.4) is 0 Å². The van der Waals surface area contributed by atoms with Crippen LogP contribution in [0.4, 0.5) is 0 Å². The molecule has 0 aliphatic carbocycles. The lowest BCUT2D eigenvalue weighted by Crippen LogP contribution is -2.34. The minimum Gasteiger partial charge on any atom is -0.491 e. The van der Waals surface area contributed by atoms with Gasteiger partial charge in [-0.25, -0.2) is 4.98 Å². The van der Waals surface area contributed by atoms with Crippen molar-refractivity contribution in [1.82, 2.24) is 14.9 Å². The topological polar surface area (TPSA) is 57.5 Å². The van der Waals surface area contributed by atoms with E-state index in [0.717, 1.165) is 17.9 Å². The normalized spacial score (nSPS) is 21.1. The Bertz CT molecular complexity index is 966. The highest BCUT2D eigenvalue weighted by atomic mass is 35.5. The molecular weight excluding hydrogens is 425 g/mol. The van der Waals surface area contributed by atoms with Crippen molar-refractivity contribution in [3.05, 3.63) is 82.4 Å². The van der Waals surface area contributed by atoms with Crippen molar-refractivity contribution in [2.45, 2.75) is 25.0 Å². The zero-order valence-electron chi connectivity index (χ0n) is 16.6. The molecule has 30 heavy (non-hydrogen) atoms. The van der Waals surface area contributed by atoms with Crippen molar-refractivity contribution in [3.8, 4) is 5.75 Å². The van der Waals surface area contributed by atoms with Crippen LogP contribution in [0.5, 0.6) is 5.75 Å². The molecule has 158 valence electrons. The molecule has 4 rings (SSSR count). The number of nitrogens with zero attached hydrogens (tertiary/aromatic N) is 2. The summed E-state index contributed by atoms with van der Waals surface area (Å²) in [5.74, 6) is -0.261. The SMILES string of the molecule is CNCc1ccc(OCC2COC(Cn3ccnc3)(c3ccc(Cl)cc3Cl)O2)cc1. The largest absolute Gasteiger partial charge is 0.491 e. The fourth-order valence-electron chi connectivity index (χ4n) is 3.47. The standard InChI is InChI=1S/C22H23Cl2N3O3/c1-25-11-16-2-5-18(6-3-16)28-12-19-13-29-22(30-19,14-27-9-8-26-15-27)20-7-4-17(23)10-21(20)24/h2-10,15,19,25H,11-14H2,1H3. The van der Waals surface area contributed by atoms with E-state index in [1.54, 1.807) is 24.7 Å². The van der Waals surface area contributed by atoms with E-state index in [1.807, 2.05) is 48.1 Å².